The Balaban J connectivity index is 0.00000676. The standard InChI is InChI=1S/C16H22F3N3O3S.ClH/c1-3-5-6-7-26(24,25)13-8-10(4-2)11(14(23)22-15(20)21)9-12(13)16(17,18)19;/h8-9H,3-7H2,1-2H3,(H4,20,21,22,23);1H. The summed E-state index contributed by atoms with van der Waals surface area (Å²) < 4.78 is 65.2. The van der Waals surface area contributed by atoms with Crippen molar-refractivity contribution >= 4 is 34.1 Å². The van der Waals surface area contributed by atoms with Crippen LogP contribution in [0.4, 0.5) is 13.2 Å². The van der Waals surface area contributed by atoms with Crippen molar-refractivity contribution in [2.24, 2.45) is 16.5 Å². The summed E-state index contributed by atoms with van der Waals surface area (Å²) in [5.74, 6) is -2.04. The molecule has 0 atom stereocenters. The predicted molar refractivity (Wildman–Crippen MR) is 99.8 cm³/mol. The average Bonchev–Trinajstić information content (AvgIpc) is 2.52. The molecule has 0 saturated carbocycles. The molecule has 1 rings (SSSR count). The second-order valence-corrected chi connectivity index (χ2v) is 7.80. The van der Waals surface area contributed by atoms with Crippen LogP contribution < -0.4 is 11.5 Å². The smallest absolute Gasteiger partial charge is 0.370 e. The summed E-state index contributed by atoms with van der Waals surface area (Å²) in [7, 11) is -4.16. The zero-order chi connectivity index (χ0) is 20.1. The summed E-state index contributed by atoms with van der Waals surface area (Å²) in [6.45, 7) is 3.44. The summed E-state index contributed by atoms with van der Waals surface area (Å²) >= 11 is 0. The molecule has 0 fully saturated rings. The van der Waals surface area contributed by atoms with E-state index in [-0.39, 0.29) is 36.4 Å². The lowest BCUT2D eigenvalue weighted by Gasteiger charge is -2.17. The van der Waals surface area contributed by atoms with Crippen molar-refractivity contribution in [1.29, 1.82) is 0 Å². The largest absolute Gasteiger partial charge is 0.417 e. The first-order valence-electron chi connectivity index (χ1n) is 8.04. The van der Waals surface area contributed by atoms with E-state index in [1.807, 2.05) is 6.92 Å². The third kappa shape index (κ3) is 6.69. The number of hydrogen-bond acceptors (Lipinski definition) is 3. The highest BCUT2D eigenvalue weighted by molar-refractivity contribution is 7.91. The number of nitrogens with zero attached hydrogens (tertiary/aromatic N) is 1. The molecule has 0 aliphatic carbocycles. The van der Waals surface area contributed by atoms with E-state index in [0.717, 1.165) is 12.5 Å². The number of benzene rings is 1. The third-order valence-corrected chi connectivity index (χ3v) is 5.54. The first-order valence-corrected chi connectivity index (χ1v) is 9.70. The predicted octanol–water partition coefficient (Wildman–Crippen LogP) is 3.07. The van der Waals surface area contributed by atoms with Crippen molar-refractivity contribution in [3.63, 3.8) is 0 Å². The van der Waals surface area contributed by atoms with Gasteiger partial charge in [0.2, 0.25) is 0 Å². The third-order valence-electron chi connectivity index (χ3n) is 3.70. The van der Waals surface area contributed by atoms with E-state index in [0.29, 0.717) is 12.5 Å². The number of alkyl halides is 3. The van der Waals surface area contributed by atoms with Crippen LogP contribution in [0, 0.1) is 0 Å². The summed E-state index contributed by atoms with van der Waals surface area (Å²) in [5, 5.41) is 0. The van der Waals surface area contributed by atoms with Gasteiger partial charge in [-0.05, 0) is 30.5 Å². The molecule has 0 saturated heterocycles. The van der Waals surface area contributed by atoms with Gasteiger partial charge in [-0.1, -0.05) is 26.7 Å². The number of guanidine groups is 1. The Labute approximate surface area is 162 Å². The molecule has 154 valence electrons. The Morgan fingerprint density at radius 2 is 1.74 bits per heavy atom. The minimum Gasteiger partial charge on any atom is -0.370 e. The van der Waals surface area contributed by atoms with Crippen LogP contribution in [0.2, 0.25) is 0 Å². The Hall–Kier alpha value is -1.81. The molecule has 0 aliphatic rings. The van der Waals surface area contributed by atoms with Crippen molar-refractivity contribution in [2.45, 2.75) is 50.6 Å². The van der Waals surface area contributed by atoms with Gasteiger partial charge >= 0.3 is 6.18 Å². The number of unbranched alkanes of at least 4 members (excludes halogenated alkanes) is 2. The SMILES string of the molecule is CCCCCS(=O)(=O)c1cc(CC)c(C(=O)N=C(N)N)cc1C(F)(F)F.Cl. The van der Waals surface area contributed by atoms with E-state index in [9.17, 15) is 26.4 Å². The van der Waals surface area contributed by atoms with E-state index in [2.05, 4.69) is 4.99 Å². The highest BCUT2D eigenvalue weighted by Crippen LogP contribution is 2.37. The Morgan fingerprint density at radius 1 is 1.15 bits per heavy atom. The van der Waals surface area contributed by atoms with E-state index >= 15 is 0 Å². The van der Waals surface area contributed by atoms with Crippen LogP contribution in [-0.2, 0) is 22.4 Å². The monoisotopic (exact) mass is 429 g/mol. The maximum Gasteiger partial charge on any atom is 0.417 e. The minimum absolute atomic E-state index is 0. The zero-order valence-electron chi connectivity index (χ0n) is 15.0. The molecule has 0 bridgehead atoms. The highest BCUT2D eigenvalue weighted by Gasteiger charge is 2.38. The fourth-order valence-corrected chi connectivity index (χ4v) is 4.06. The van der Waals surface area contributed by atoms with Gasteiger partial charge in [0, 0.05) is 5.56 Å². The van der Waals surface area contributed by atoms with Crippen molar-refractivity contribution in [3.8, 4) is 0 Å². The molecule has 1 aromatic carbocycles. The highest BCUT2D eigenvalue weighted by atomic mass is 35.5. The average molecular weight is 430 g/mol. The fourth-order valence-electron chi connectivity index (χ4n) is 2.42. The van der Waals surface area contributed by atoms with Gasteiger partial charge in [0.15, 0.2) is 15.8 Å². The van der Waals surface area contributed by atoms with E-state index < -0.39 is 44.1 Å². The topological polar surface area (TPSA) is 116 Å². The lowest BCUT2D eigenvalue weighted by Crippen LogP contribution is -2.25. The maximum atomic E-state index is 13.4. The number of carbonyl (C=O) groups excluding carboxylic acids is 1. The number of hydrogen-bond donors (Lipinski definition) is 2. The van der Waals surface area contributed by atoms with E-state index in [4.69, 9.17) is 11.5 Å². The number of aryl methyl sites for hydroxylation is 1. The van der Waals surface area contributed by atoms with E-state index in [1.165, 1.54) is 0 Å². The molecule has 0 heterocycles. The van der Waals surface area contributed by atoms with Gasteiger partial charge in [-0.25, -0.2) is 8.42 Å². The summed E-state index contributed by atoms with van der Waals surface area (Å²) in [6.07, 6.45) is -3.24. The van der Waals surface area contributed by atoms with Crippen LogP contribution in [0.15, 0.2) is 22.0 Å². The molecule has 0 spiro atoms. The Kier molecular flexibility index (Phi) is 9.27. The summed E-state index contributed by atoms with van der Waals surface area (Å²) in [6, 6.07) is 1.42. The zero-order valence-corrected chi connectivity index (χ0v) is 16.6. The van der Waals surface area contributed by atoms with Crippen LogP contribution in [0.25, 0.3) is 0 Å². The van der Waals surface area contributed by atoms with Crippen LogP contribution in [-0.4, -0.2) is 26.0 Å². The fraction of sp³-hybridized carbons (Fsp3) is 0.500. The van der Waals surface area contributed by atoms with Crippen molar-refractivity contribution in [1.82, 2.24) is 0 Å². The second-order valence-electron chi connectivity index (χ2n) is 5.72. The van der Waals surface area contributed by atoms with E-state index in [1.54, 1.807) is 6.92 Å². The van der Waals surface area contributed by atoms with Gasteiger partial charge in [0.05, 0.1) is 16.2 Å². The van der Waals surface area contributed by atoms with Gasteiger partial charge in [-0.15, -0.1) is 12.4 Å². The Morgan fingerprint density at radius 3 is 2.19 bits per heavy atom. The molecule has 6 nitrogen and oxygen atoms in total. The lowest BCUT2D eigenvalue weighted by atomic mass is 10.0. The quantitative estimate of drug-likeness (QED) is 0.392. The first kappa shape index (κ1) is 25.2. The molecular weight excluding hydrogens is 407 g/mol. The molecule has 4 N–H and O–H groups in total. The first-order chi connectivity index (χ1) is 11.9. The number of amides is 1. The van der Waals surface area contributed by atoms with Crippen LogP contribution in [0.3, 0.4) is 0 Å². The number of sulfone groups is 1. The summed E-state index contributed by atoms with van der Waals surface area (Å²) in [5.41, 5.74) is 8.57. The molecule has 0 radical (unpaired) electrons. The molecular formula is C16H23ClF3N3O3S. The number of nitrogens with two attached hydrogens (primary N) is 2. The molecule has 0 aromatic heterocycles. The Bertz CT molecular complexity index is 805. The molecule has 0 unspecified atom stereocenters. The number of carbonyl (C=O) groups is 1. The normalized spacial score (nSPS) is 11.6. The van der Waals surface area contributed by atoms with Crippen molar-refractivity contribution < 1.29 is 26.4 Å². The number of aliphatic imine (C=N–C) groups is 1. The molecule has 27 heavy (non-hydrogen) atoms. The number of rotatable bonds is 7. The molecule has 1 aromatic rings. The van der Waals surface area contributed by atoms with Gasteiger partial charge < -0.3 is 11.5 Å². The second kappa shape index (κ2) is 9.93. The maximum absolute atomic E-state index is 13.4. The molecule has 1 amide bonds. The van der Waals surface area contributed by atoms with Gasteiger partial charge in [0.1, 0.15) is 0 Å². The van der Waals surface area contributed by atoms with Crippen LogP contribution in [0.5, 0.6) is 0 Å². The molecule has 11 heteroatoms. The lowest BCUT2D eigenvalue weighted by molar-refractivity contribution is -0.139. The van der Waals surface area contributed by atoms with Gasteiger partial charge in [0.25, 0.3) is 5.91 Å². The van der Waals surface area contributed by atoms with Crippen molar-refractivity contribution in [3.05, 3.63) is 28.8 Å². The van der Waals surface area contributed by atoms with Crippen molar-refractivity contribution in [2.75, 3.05) is 5.75 Å². The van der Waals surface area contributed by atoms with Gasteiger partial charge in [-0.2, -0.15) is 18.2 Å². The van der Waals surface area contributed by atoms with Crippen LogP contribution >= 0.6 is 12.4 Å². The van der Waals surface area contributed by atoms with Crippen LogP contribution in [0.1, 0.15) is 54.6 Å². The minimum atomic E-state index is -4.95. The molecule has 0 aliphatic heterocycles. The summed E-state index contributed by atoms with van der Waals surface area (Å²) in [4.78, 5) is 14.4. The van der Waals surface area contributed by atoms with Gasteiger partial charge in [-0.3, -0.25) is 4.79 Å². The number of halogens is 4.